The number of halogens is 2. The van der Waals surface area contributed by atoms with Crippen LogP contribution in [0.2, 0.25) is 10.0 Å². The molecule has 0 atom stereocenters. The molecule has 6 heteroatoms. The van der Waals surface area contributed by atoms with Crippen molar-refractivity contribution in [1.82, 2.24) is 10.6 Å². The molecule has 0 aliphatic rings. The van der Waals surface area contributed by atoms with Gasteiger partial charge < -0.3 is 20.1 Å². The van der Waals surface area contributed by atoms with Gasteiger partial charge >= 0.3 is 0 Å². The highest BCUT2D eigenvalue weighted by Crippen LogP contribution is 2.30. The van der Waals surface area contributed by atoms with E-state index in [1.54, 1.807) is 19.2 Å². The summed E-state index contributed by atoms with van der Waals surface area (Å²) in [7, 11) is 1.64. The van der Waals surface area contributed by atoms with Crippen molar-refractivity contribution in [3.05, 3.63) is 57.6 Å². The van der Waals surface area contributed by atoms with Crippen LogP contribution in [0.4, 0.5) is 0 Å². The second-order valence-electron chi connectivity index (χ2n) is 5.89. The van der Waals surface area contributed by atoms with Crippen LogP contribution in [0.15, 0.2) is 36.4 Å². The molecule has 2 rings (SSSR count). The number of nitrogens with one attached hydrogen (secondary N) is 2. The molecule has 0 saturated carbocycles. The Kier molecular flexibility index (Phi) is 9.06. The zero-order valence-corrected chi connectivity index (χ0v) is 16.8. The van der Waals surface area contributed by atoms with Crippen LogP contribution >= 0.6 is 23.2 Å². The Balaban J connectivity index is 1.89. The molecular weight excluding hydrogens is 371 g/mol. The molecule has 0 unspecified atom stereocenters. The van der Waals surface area contributed by atoms with Gasteiger partial charge in [0.15, 0.2) is 11.5 Å². The number of hydrogen-bond acceptors (Lipinski definition) is 4. The van der Waals surface area contributed by atoms with Gasteiger partial charge in [-0.05, 0) is 55.9 Å². The second-order valence-corrected chi connectivity index (χ2v) is 6.74. The van der Waals surface area contributed by atoms with Crippen LogP contribution in [0, 0.1) is 0 Å². The standard InChI is InChI=1S/C20H26Cl2N2O2/c1-3-23-9-4-10-24-13-15-5-8-19(20(11-15)25-2)26-14-16-6-7-17(21)12-18(16)22/h5-8,11-12,23-24H,3-4,9-10,13-14H2,1-2H3. The maximum atomic E-state index is 6.19. The van der Waals surface area contributed by atoms with Crippen molar-refractivity contribution < 1.29 is 9.47 Å². The lowest BCUT2D eigenvalue weighted by atomic mass is 10.2. The normalized spacial score (nSPS) is 10.8. The molecule has 4 nitrogen and oxygen atoms in total. The molecule has 2 aromatic carbocycles. The fourth-order valence-electron chi connectivity index (χ4n) is 2.48. The van der Waals surface area contributed by atoms with E-state index in [0.717, 1.165) is 43.7 Å². The van der Waals surface area contributed by atoms with E-state index >= 15 is 0 Å². The predicted octanol–water partition coefficient (Wildman–Crippen LogP) is 4.67. The van der Waals surface area contributed by atoms with E-state index in [-0.39, 0.29) is 0 Å². The Morgan fingerprint density at radius 2 is 1.77 bits per heavy atom. The number of ether oxygens (including phenoxy) is 2. The molecule has 2 N–H and O–H groups in total. The van der Waals surface area contributed by atoms with Gasteiger partial charge in [0.2, 0.25) is 0 Å². The van der Waals surface area contributed by atoms with E-state index in [1.165, 1.54) is 0 Å². The summed E-state index contributed by atoms with van der Waals surface area (Å²) in [5.74, 6) is 1.40. The van der Waals surface area contributed by atoms with Crippen LogP contribution in [-0.2, 0) is 13.2 Å². The van der Waals surface area contributed by atoms with Gasteiger partial charge in [-0.15, -0.1) is 0 Å². The van der Waals surface area contributed by atoms with Gasteiger partial charge in [0.1, 0.15) is 6.61 Å². The van der Waals surface area contributed by atoms with Gasteiger partial charge in [0.05, 0.1) is 7.11 Å². The van der Waals surface area contributed by atoms with Crippen LogP contribution in [0.25, 0.3) is 0 Å². The summed E-state index contributed by atoms with van der Waals surface area (Å²) in [4.78, 5) is 0. The van der Waals surface area contributed by atoms with Crippen LogP contribution in [0.1, 0.15) is 24.5 Å². The average Bonchev–Trinajstić information content (AvgIpc) is 2.64. The molecular formula is C20H26Cl2N2O2. The Hall–Kier alpha value is -1.46. The summed E-state index contributed by atoms with van der Waals surface area (Å²) in [6.45, 7) is 6.29. The molecule has 0 radical (unpaired) electrons. The second kappa shape index (κ2) is 11.3. The Morgan fingerprint density at radius 3 is 2.50 bits per heavy atom. The lowest BCUT2D eigenvalue weighted by Gasteiger charge is -2.13. The van der Waals surface area contributed by atoms with Crippen molar-refractivity contribution in [2.75, 3.05) is 26.7 Å². The summed E-state index contributed by atoms with van der Waals surface area (Å²) < 4.78 is 11.3. The fraction of sp³-hybridized carbons (Fsp3) is 0.400. The first kappa shape index (κ1) is 20.8. The molecule has 0 bridgehead atoms. The molecule has 0 heterocycles. The summed E-state index contributed by atoms with van der Waals surface area (Å²) in [6, 6.07) is 11.3. The first-order chi connectivity index (χ1) is 12.6. The third kappa shape index (κ3) is 6.69. The van der Waals surface area contributed by atoms with E-state index in [4.69, 9.17) is 32.7 Å². The molecule has 142 valence electrons. The monoisotopic (exact) mass is 396 g/mol. The Morgan fingerprint density at radius 1 is 0.962 bits per heavy atom. The quantitative estimate of drug-likeness (QED) is 0.541. The van der Waals surface area contributed by atoms with E-state index in [0.29, 0.717) is 28.2 Å². The fourth-order valence-corrected chi connectivity index (χ4v) is 2.95. The Labute approximate surface area is 165 Å². The lowest BCUT2D eigenvalue weighted by molar-refractivity contribution is 0.284. The number of hydrogen-bond donors (Lipinski definition) is 2. The molecule has 2 aromatic rings. The van der Waals surface area contributed by atoms with Crippen LogP contribution in [-0.4, -0.2) is 26.7 Å². The van der Waals surface area contributed by atoms with E-state index < -0.39 is 0 Å². The highest BCUT2D eigenvalue weighted by molar-refractivity contribution is 6.35. The minimum absolute atomic E-state index is 0.356. The zero-order chi connectivity index (χ0) is 18.8. The van der Waals surface area contributed by atoms with E-state index in [1.807, 2.05) is 24.3 Å². The SMILES string of the molecule is CCNCCCNCc1ccc(OCc2ccc(Cl)cc2Cl)c(OC)c1. The van der Waals surface area contributed by atoms with Crippen LogP contribution < -0.4 is 20.1 Å². The predicted molar refractivity (Wildman–Crippen MR) is 109 cm³/mol. The molecule has 26 heavy (non-hydrogen) atoms. The summed E-state index contributed by atoms with van der Waals surface area (Å²) in [6.07, 6.45) is 1.11. The van der Waals surface area contributed by atoms with E-state index in [2.05, 4.69) is 17.6 Å². The maximum absolute atomic E-state index is 6.19. The summed E-state index contributed by atoms with van der Waals surface area (Å²) >= 11 is 12.1. The minimum atomic E-state index is 0.356. The third-order valence-electron chi connectivity index (χ3n) is 3.91. The average molecular weight is 397 g/mol. The topological polar surface area (TPSA) is 42.5 Å². The number of methoxy groups -OCH3 is 1. The maximum Gasteiger partial charge on any atom is 0.161 e. The highest BCUT2D eigenvalue weighted by atomic mass is 35.5. The largest absolute Gasteiger partial charge is 0.493 e. The van der Waals surface area contributed by atoms with Crippen molar-refractivity contribution in [2.45, 2.75) is 26.5 Å². The van der Waals surface area contributed by atoms with Gasteiger partial charge in [-0.2, -0.15) is 0 Å². The molecule has 0 aliphatic heterocycles. The summed E-state index contributed by atoms with van der Waals surface area (Å²) in [5.41, 5.74) is 2.03. The highest BCUT2D eigenvalue weighted by Gasteiger charge is 2.08. The van der Waals surface area contributed by atoms with Gasteiger partial charge in [0.25, 0.3) is 0 Å². The van der Waals surface area contributed by atoms with Gasteiger partial charge in [-0.3, -0.25) is 0 Å². The van der Waals surface area contributed by atoms with Gasteiger partial charge in [-0.25, -0.2) is 0 Å². The first-order valence-corrected chi connectivity index (χ1v) is 9.54. The minimum Gasteiger partial charge on any atom is -0.493 e. The molecule has 0 spiro atoms. The molecule has 0 saturated heterocycles. The van der Waals surface area contributed by atoms with Crippen LogP contribution in [0.5, 0.6) is 11.5 Å². The van der Waals surface area contributed by atoms with E-state index in [9.17, 15) is 0 Å². The zero-order valence-electron chi connectivity index (χ0n) is 15.3. The number of rotatable bonds is 11. The van der Waals surface area contributed by atoms with Crippen molar-refractivity contribution in [1.29, 1.82) is 0 Å². The first-order valence-electron chi connectivity index (χ1n) is 8.79. The summed E-state index contributed by atoms with van der Waals surface area (Å²) in [5, 5.41) is 7.95. The van der Waals surface area contributed by atoms with Crippen molar-refractivity contribution >= 4 is 23.2 Å². The molecule has 0 aliphatic carbocycles. The van der Waals surface area contributed by atoms with Crippen molar-refractivity contribution in [3.8, 4) is 11.5 Å². The lowest BCUT2D eigenvalue weighted by Crippen LogP contribution is -2.21. The molecule has 0 fully saturated rings. The third-order valence-corrected chi connectivity index (χ3v) is 4.50. The number of benzene rings is 2. The molecule has 0 amide bonds. The van der Waals surface area contributed by atoms with Crippen LogP contribution in [0.3, 0.4) is 0 Å². The van der Waals surface area contributed by atoms with Crippen molar-refractivity contribution in [2.24, 2.45) is 0 Å². The van der Waals surface area contributed by atoms with Gasteiger partial charge in [-0.1, -0.05) is 42.3 Å². The van der Waals surface area contributed by atoms with Crippen molar-refractivity contribution in [3.63, 3.8) is 0 Å². The Bertz CT molecular complexity index is 696. The molecule has 0 aromatic heterocycles. The smallest absolute Gasteiger partial charge is 0.161 e. The van der Waals surface area contributed by atoms with Gasteiger partial charge in [0, 0.05) is 22.2 Å².